The van der Waals surface area contributed by atoms with Gasteiger partial charge in [-0.25, -0.2) is 9.18 Å². The van der Waals surface area contributed by atoms with Crippen LogP contribution in [0, 0.1) is 5.82 Å². The second-order valence-corrected chi connectivity index (χ2v) is 5.57. The molecule has 3 N–H and O–H groups in total. The van der Waals surface area contributed by atoms with E-state index in [-0.39, 0.29) is 29.4 Å². The van der Waals surface area contributed by atoms with Crippen LogP contribution in [0.25, 0.3) is 0 Å². The minimum absolute atomic E-state index is 0.0568. The number of halogens is 1. The Labute approximate surface area is 149 Å². The van der Waals surface area contributed by atoms with E-state index in [4.69, 9.17) is 15.2 Å². The number of rotatable bonds is 5. The second-order valence-electron chi connectivity index (χ2n) is 5.57. The van der Waals surface area contributed by atoms with Crippen LogP contribution in [0.15, 0.2) is 47.1 Å². The molecule has 0 bridgehead atoms. The van der Waals surface area contributed by atoms with E-state index in [1.807, 2.05) is 0 Å². The molecule has 0 spiro atoms. The summed E-state index contributed by atoms with van der Waals surface area (Å²) in [5.74, 6) is -3.54. The maximum atomic E-state index is 13.3. The van der Waals surface area contributed by atoms with E-state index in [9.17, 15) is 18.8 Å². The summed E-state index contributed by atoms with van der Waals surface area (Å²) in [6.07, 6.45) is 0. The Morgan fingerprint density at radius 3 is 2.35 bits per heavy atom. The van der Waals surface area contributed by atoms with Crippen LogP contribution in [0.5, 0.6) is 0 Å². The lowest BCUT2D eigenvalue weighted by atomic mass is 9.82. The number of primary amides is 1. The van der Waals surface area contributed by atoms with Gasteiger partial charge >= 0.3 is 5.97 Å². The molecule has 0 saturated heterocycles. The van der Waals surface area contributed by atoms with Crippen LogP contribution >= 0.6 is 0 Å². The van der Waals surface area contributed by atoms with Crippen LogP contribution in [0.3, 0.4) is 0 Å². The highest BCUT2D eigenvalue weighted by Crippen LogP contribution is 2.40. The molecule has 7 nitrogen and oxygen atoms in total. The molecule has 2 rings (SSSR count). The molecule has 0 fully saturated rings. The number of nitrogens with two attached hydrogens (primary N) is 1. The summed E-state index contributed by atoms with van der Waals surface area (Å²) >= 11 is 0. The molecule has 1 aromatic carbocycles. The first-order valence-electron chi connectivity index (χ1n) is 7.89. The lowest BCUT2D eigenvalue weighted by molar-refractivity contribution is -0.139. The van der Waals surface area contributed by atoms with E-state index in [0.717, 1.165) is 0 Å². The first-order valence-corrected chi connectivity index (χ1v) is 7.89. The summed E-state index contributed by atoms with van der Waals surface area (Å²) in [7, 11) is 0. The van der Waals surface area contributed by atoms with Gasteiger partial charge < -0.3 is 15.2 Å². The van der Waals surface area contributed by atoms with Gasteiger partial charge in [0.15, 0.2) is 0 Å². The highest BCUT2D eigenvalue weighted by atomic mass is 19.1. The SMILES string of the molecule is CCOC(=O)C1=C(C)OC(NC(C)=O)=C(C(N)=O)C1c1ccc(F)cc1. The van der Waals surface area contributed by atoms with E-state index in [1.165, 1.54) is 38.1 Å². The molecule has 26 heavy (non-hydrogen) atoms. The van der Waals surface area contributed by atoms with E-state index in [0.29, 0.717) is 5.56 Å². The van der Waals surface area contributed by atoms with Crippen LogP contribution in [0.1, 0.15) is 32.3 Å². The highest BCUT2D eigenvalue weighted by Gasteiger charge is 2.39. The van der Waals surface area contributed by atoms with Gasteiger partial charge in [-0.3, -0.25) is 14.9 Å². The number of hydrogen-bond acceptors (Lipinski definition) is 5. The summed E-state index contributed by atoms with van der Waals surface area (Å²) in [5.41, 5.74) is 5.85. The van der Waals surface area contributed by atoms with E-state index < -0.39 is 29.5 Å². The van der Waals surface area contributed by atoms with Gasteiger partial charge in [0.2, 0.25) is 11.8 Å². The van der Waals surface area contributed by atoms with Crippen molar-refractivity contribution >= 4 is 17.8 Å². The number of amides is 2. The van der Waals surface area contributed by atoms with Crippen molar-refractivity contribution in [2.24, 2.45) is 5.73 Å². The zero-order valence-electron chi connectivity index (χ0n) is 14.6. The molecular weight excluding hydrogens is 343 g/mol. The fourth-order valence-electron chi connectivity index (χ4n) is 2.71. The van der Waals surface area contributed by atoms with Gasteiger partial charge in [0.1, 0.15) is 11.6 Å². The topological polar surface area (TPSA) is 108 Å². The monoisotopic (exact) mass is 362 g/mol. The standard InChI is InChI=1S/C18H19FN2O5/c1-4-25-18(24)13-9(2)26-17(21-10(3)22)15(16(20)23)14(13)11-5-7-12(19)8-6-11/h5-8,14H,4H2,1-3H3,(H2,20,23)(H,21,22). The Morgan fingerprint density at radius 1 is 1.23 bits per heavy atom. The normalized spacial score (nSPS) is 16.8. The largest absolute Gasteiger partial charge is 0.463 e. The molecule has 0 radical (unpaired) electrons. The third kappa shape index (κ3) is 3.90. The molecule has 1 atom stereocenters. The molecule has 1 aliphatic rings. The van der Waals surface area contributed by atoms with Crippen molar-refractivity contribution < 1.29 is 28.2 Å². The molecule has 0 saturated carbocycles. The number of allylic oxidation sites excluding steroid dienone is 1. The molecule has 2 amide bonds. The fraction of sp³-hybridized carbons (Fsp3) is 0.278. The van der Waals surface area contributed by atoms with Crippen LogP contribution in [-0.2, 0) is 23.9 Å². The fourth-order valence-corrected chi connectivity index (χ4v) is 2.71. The smallest absolute Gasteiger partial charge is 0.338 e. The van der Waals surface area contributed by atoms with Gasteiger partial charge in [-0.05, 0) is 31.5 Å². The minimum atomic E-state index is -0.970. The maximum Gasteiger partial charge on any atom is 0.338 e. The lowest BCUT2D eigenvalue weighted by Crippen LogP contribution is -2.35. The van der Waals surface area contributed by atoms with Crippen LogP contribution < -0.4 is 11.1 Å². The average molecular weight is 362 g/mol. The number of carbonyl (C=O) groups excluding carboxylic acids is 3. The number of esters is 1. The van der Waals surface area contributed by atoms with Gasteiger partial charge in [-0.1, -0.05) is 12.1 Å². The van der Waals surface area contributed by atoms with Crippen LogP contribution in [0.4, 0.5) is 4.39 Å². The minimum Gasteiger partial charge on any atom is -0.463 e. The summed E-state index contributed by atoms with van der Waals surface area (Å²) in [5, 5.41) is 2.40. The number of carbonyl (C=O) groups is 3. The number of nitrogens with one attached hydrogen (secondary N) is 1. The Kier molecular flexibility index (Phi) is 5.76. The van der Waals surface area contributed by atoms with Crippen LogP contribution in [0.2, 0.25) is 0 Å². The van der Waals surface area contributed by atoms with Crippen LogP contribution in [-0.4, -0.2) is 24.4 Å². The lowest BCUT2D eigenvalue weighted by Gasteiger charge is -2.29. The number of ether oxygens (including phenoxy) is 2. The van der Waals surface area contributed by atoms with Gasteiger partial charge in [0.05, 0.1) is 23.7 Å². The van der Waals surface area contributed by atoms with Crippen molar-refractivity contribution in [3.05, 3.63) is 58.4 Å². The maximum absolute atomic E-state index is 13.3. The van der Waals surface area contributed by atoms with Gasteiger partial charge in [-0.15, -0.1) is 0 Å². The Hall–Kier alpha value is -3.16. The van der Waals surface area contributed by atoms with Crippen molar-refractivity contribution in [3.8, 4) is 0 Å². The molecule has 1 aliphatic heterocycles. The Balaban J connectivity index is 2.69. The Morgan fingerprint density at radius 2 is 1.85 bits per heavy atom. The molecule has 1 heterocycles. The van der Waals surface area contributed by atoms with Gasteiger partial charge in [0, 0.05) is 6.92 Å². The van der Waals surface area contributed by atoms with E-state index >= 15 is 0 Å². The first-order chi connectivity index (χ1) is 12.3. The predicted molar refractivity (Wildman–Crippen MR) is 89.6 cm³/mol. The third-order valence-electron chi connectivity index (χ3n) is 3.71. The Bertz CT molecular complexity index is 811. The zero-order valence-corrected chi connectivity index (χ0v) is 14.6. The summed E-state index contributed by atoms with van der Waals surface area (Å²) in [4.78, 5) is 36.0. The molecule has 1 unspecified atom stereocenters. The van der Waals surface area contributed by atoms with E-state index in [1.54, 1.807) is 6.92 Å². The third-order valence-corrected chi connectivity index (χ3v) is 3.71. The van der Waals surface area contributed by atoms with Crippen molar-refractivity contribution in [1.82, 2.24) is 5.32 Å². The molecule has 0 aliphatic carbocycles. The highest BCUT2D eigenvalue weighted by molar-refractivity contribution is 6.01. The first kappa shape index (κ1) is 19.2. The van der Waals surface area contributed by atoms with Crippen molar-refractivity contribution in [2.45, 2.75) is 26.7 Å². The van der Waals surface area contributed by atoms with Crippen molar-refractivity contribution in [1.29, 1.82) is 0 Å². The predicted octanol–water partition coefficient (Wildman–Crippen LogP) is 1.61. The summed E-state index contributed by atoms with van der Waals surface area (Å²) < 4.78 is 23.9. The zero-order chi connectivity index (χ0) is 19.4. The van der Waals surface area contributed by atoms with Crippen molar-refractivity contribution in [3.63, 3.8) is 0 Å². The number of benzene rings is 1. The van der Waals surface area contributed by atoms with Gasteiger partial charge in [0.25, 0.3) is 5.91 Å². The van der Waals surface area contributed by atoms with Gasteiger partial charge in [-0.2, -0.15) is 0 Å². The van der Waals surface area contributed by atoms with E-state index in [2.05, 4.69) is 5.32 Å². The van der Waals surface area contributed by atoms with Crippen molar-refractivity contribution in [2.75, 3.05) is 6.61 Å². The summed E-state index contributed by atoms with van der Waals surface area (Å²) in [6.45, 7) is 4.49. The molecule has 8 heteroatoms. The summed E-state index contributed by atoms with van der Waals surface area (Å²) in [6, 6.07) is 5.23. The quantitative estimate of drug-likeness (QED) is 0.774. The molecule has 1 aromatic rings. The molecule has 138 valence electrons. The average Bonchev–Trinajstić information content (AvgIpc) is 2.54. The molecule has 0 aromatic heterocycles. The number of hydrogen-bond donors (Lipinski definition) is 2. The second kappa shape index (κ2) is 7.81. The molecular formula is C18H19FN2O5.